The zero-order valence-electron chi connectivity index (χ0n) is 6.03. The number of rotatable bonds is 5. The molecule has 0 unspecified atom stereocenters. The number of nitrogens with one attached hydrogen (secondary N) is 2. The molecule has 5 nitrogen and oxygen atoms in total. The molecule has 0 aliphatic carbocycles. The van der Waals surface area contributed by atoms with Crippen molar-refractivity contribution in [2.45, 2.75) is 6.04 Å². The Bertz CT molecular complexity index is 142. The molecule has 0 aromatic rings. The highest BCUT2D eigenvalue weighted by Crippen LogP contribution is 1.88. The quantitative estimate of drug-likeness (QED) is 0.278. The summed E-state index contributed by atoms with van der Waals surface area (Å²) in [6.07, 6.45) is 0.428. The van der Waals surface area contributed by atoms with Crippen LogP contribution in [0.2, 0.25) is 0 Å². The first kappa shape index (κ1) is 10.2. The number of carbonyl (C=O) groups is 2. The molecule has 0 aliphatic heterocycles. The van der Waals surface area contributed by atoms with Gasteiger partial charge in [-0.05, 0) is 0 Å². The van der Waals surface area contributed by atoms with Crippen LogP contribution in [0, 0.1) is 0 Å². The van der Waals surface area contributed by atoms with E-state index in [1.807, 2.05) is 0 Å². The third-order valence-corrected chi connectivity index (χ3v) is 1.30. The second-order valence-electron chi connectivity index (χ2n) is 1.64. The van der Waals surface area contributed by atoms with Gasteiger partial charge < -0.3 is 10.2 Å². The van der Waals surface area contributed by atoms with Gasteiger partial charge in [0.25, 0.3) is 0 Å². The smallest absolute Gasteiger partial charge is 0.348 e. The van der Waals surface area contributed by atoms with Crippen molar-refractivity contribution in [1.82, 2.24) is 10.8 Å². The molecular formula is C5H10N2O3S. The molecule has 6 heteroatoms. The van der Waals surface area contributed by atoms with Gasteiger partial charge in [0.2, 0.25) is 6.41 Å². The fourth-order valence-corrected chi connectivity index (χ4v) is 0.704. The Morgan fingerprint density at radius 2 is 2.45 bits per heavy atom. The number of hydrogen-bond donors (Lipinski definition) is 3. The maximum atomic E-state index is 10.8. The molecule has 0 aromatic carbocycles. The molecule has 0 rings (SSSR count). The lowest BCUT2D eigenvalue weighted by molar-refractivity contribution is -0.152. The largest absolute Gasteiger partial charge is 0.369 e. The van der Waals surface area contributed by atoms with Crippen LogP contribution in [0.15, 0.2) is 0 Å². The van der Waals surface area contributed by atoms with Gasteiger partial charge in [-0.1, -0.05) is 0 Å². The average Bonchev–Trinajstić information content (AvgIpc) is 2.00. The highest BCUT2D eigenvalue weighted by atomic mass is 32.1. The van der Waals surface area contributed by atoms with E-state index in [9.17, 15) is 9.59 Å². The van der Waals surface area contributed by atoms with Crippen LogP contribution in [-0.2, 0) is 14.4 Å². The van der Waals surface area contributed by atoms with Gasteiger partial charge >= 0.3 is 5.97 Å². The lowest BCUT2D eigenvalue weighted by Gasteiger charge is -2.10. The van der Waals surface area contributed by atoms with Crippen molar-refractivity contribution in [3.05, 3.63) is 0 Å². The van der Waals surface area contributed by atoms with Crippen molar-refractivity contribution in [3.63, 3.8) is 0 Å². The zero-order chi connectivity index (χ0) is 8.69. The Morgan fingerprint density at radius 3 is 2.82 bits per heavy atom. The summed E-state index contributed by atoms with van der Waals surface area (Å²) in [4.78, 5) is 25.1. The molecule has 11 heavy (non-hydrogen) atoms. The minimum Gasteiger partial charge on any atom is -0.369 e. The van der Waals surface area contributed by atoms with Crippen molar-refractivity contribution in [2.24, 2.45) is 0 Å². The molecule has 1 amide bonds. The van der Waals surface area contributed by atoms with Gasteiger partial charge in [-0.25, -0.2) is 4.79 Å². The Hall–Kier alpha value is -0.750. The first-order valence-corrected chi connectivity index (χ1v) is 3.57. The van der Waals surface area contributed by atoms with Gasteiger partial charge in [-0.3, -0.25) is 4.79 Å². The van der Waals surface area contributed by atoms with Crippen LogP contribution in [-0.4, -0.2) is 31.2 Å². The maximum Gasteiger partial charge on any atom is 0.348 e. The maximum absolute atomic E-state index is 10.8. The van der Waals surface area contributed by atoms with E-state index < -0.39 is 12.0 Å². The van der Waals surface area contributed by atoms with E-state index in [1.54, 1.807) is 0 Å². The molecule has 0 saturated heterocycles. The van der Waals surface area contributed by atoms with E-state index in [0.29, 0.717) is 6.41 Å². The number of hydrogen-bond acceptors (Lipinski definition) is 5. The highest BCUT2D eigenvalue weighted by molar-refractivity contribution is 7.80. The number of hydroxylamine groups is 1. The van der Waals surface area contributed by atoms with Crippen molar-refractivity contribution in [1.29, 1.82) is 0 Å². The summed E-state index contributed by atoms with van der Waals surface area (Å²) in [6.45, 7) is 0. The van der Waals surface area contributed by atoms with E-state index in [4.69, 9.17) is 0 Å². The van der Waals surface area contributed by atoms with Gasteiger partial charge in [0.05, 0.1) is 0 Å². The van der Waals surface area contributed by atoms with Gasteiger partial charge in [0.15, 0.2) is 0 Å². The second-order valence-corrected chi connectivity index (χ2v) is 2.01. The Kier molecular flexibility index (Phi) is 5.58. The summed E-state index contributed by atoms with van der Waals surface area (Å²) in [5, 5.41) is 2.25. The van der Waals surface area contributed by atoms with E-state index >= 15 is 0 Å². The van der Waals surface area contributed by atoms with Crippen LogP contribution in [0.25, 0.3) is 0 Å². The van der Waals surface area contributed by atoms with Crippen LogP contribution < -0.4 is 10.8 Å². The molecule has 2 N–H and O–H groups in total. The van der Waals surface area contributed by atoms with Gasteiger partial charge in [0.1, 0.15) is 6.04 Å². The number of amides is 1. The highest BCUT2D eigenvalue weighted by Gasteiger charge is 2.16. The summed E-state index contributed by atoms with van der Waals surface area (Å²) in [7, 11) is 1.45. The van der Waals surface area contributed by atoms with Crippen LogP contribution in [0.1, 0.15) is 0 Å². The molecule has 0 saturated carbocycles. The first-order valence-electron chi connectivity index (χ1n) is 2.94. The molecule has 0 aliphatic rings. The fourth-order valence-electron chi connectivity index (χ4n) is 0.449. The summed E-state index contributed by atoms with van der Waals surface area (Å²) in [5.74, 6) is -0.353. The van der Waals surface area contributed by atoms with Crippen LogP contribution in [0.5, 0.6) is 0 Å². The molecule has 1 atom stereocenters. The number of carbonyl (C=O) groups excluding carboxylic acids is 2. The van der Waals surface area contributed by atoms with Crippen LogP contribution in [0.4, 0.5) is 0 Å². The zero-order valence-corrected chi connectivity index (χ0v) is 6.93. The third kappa shape index (κ3) is 3.84. The third-order valence-electron chi connectivity index (χ3n) is 0.939. The average molecular weight is 178 g/mol. The topological polar surface area (TPSA) is 67.4 Å². The summed E-state index contributed by atoms with van der Waals surface area (Å²) in [6, 6.07) is -0.691. The predicted molar refractivity (Wildman–Crippen MR) is 42.0 cm³/mol. The molecule has 0 aromatic heterocycles. The second kappa shape index (κ2) is 5.99. The molecule has 64 valence electrons. The van der Waals surface area contributed by atoms with Crippen LogP contribution >= 0.6 is 12.6 Å². The molecule has 0 spiro atoms. The predicted octanol–water partition coefficient (Wildman–Crippen LogP) is -1.29. The van der Waals surface area contributed by atoms with E-state index in [-0.39, 0.29) is 5.75 Å². The van der Waals surface area contributed by atoms with E-state index in [0.717, 1.165) is 0 Å². The minimum absolute atomic E-state index is 0.208. The molecular weight excluding hydrogens is 168 g/mol. The minimum atomic E-state index is -0.691. The normalized spacial score (nSPS) is 11.8. The van der Waals surface area contributed by atoms with E-state index in [2.05, 4.69) is 28.3 Å². The summed E-state index contributed by atoms with van der Waals surface area (Å²) >= 11 is 3.83. The standard InChI is InChI=1S/C5H10N2O3S/c1-6-10-5(9)4(2-11)7-3-8/h3-4,6,11H,2H2,1H3,(H,7,8)/t4-/m0/s1. The lowest BCUT2D eigenvalue weighted by atomic mass is 10.3. The Morgan fingerprint density at radius 1 is 1.82 bits per heavy atom. The fraction of sp³-hybridized carbons (Fsp3) is 0.600. The van der Waals surface area contributed by atoms with Crippen molar-refractivity contribution < 1.29 is 14.4 Å². The Balaban J connectivity index is 3.80. The summed E-state index contributed by atoms with van der Waals surface area (Å²) in [5.41, 5.74) is 2.20. The molecule has 0 fully saturated rings. The SMILES string of the molecule is CNOC(=O)[C@H](CS)NC=O. The Labute approximate surface area is 69.8 Å². The lowest BCUT2D eigenvalue weighted by Crippen LogP contribution is -2.40. The molecule has 0 radical (unpaired) electrons. The molecule has 0 heterocycles. The summed E-state index contributed by atoms with van der Waals surface area (Å²) < 4.78 is 0. The molecule has 0 bridgehead atoms. The van der Waals surface area contributed by atoms with Crippen molar-refractivity contribution in [2.75, 3.05) is 12.8 Å². The van der Waals surface area contributed by atoms with E-state index in [1.165, 1.54) is 7.05 Å². The number of thiol groups is 1. The van der Waals surface area contributed by atoms with Gasteiger partial charge in [-0.15, -0.1) is 0 Å². The first-order chi connectivity index (χ1) is 5.26. The monoisotopic (exact) mass is 178 g/mol. The van der Waals surface area contributed by atoms with Crippen molar-refractivity contribution >= 4 is 25.0 Å². The van der Waals surface area contributed by atoms with Crippen molar-refractivity contribution in [3.8, 4) is 0 Å². The van der Waals surface area contributed by atoms with Gasteiger partial charge in [0, 0.05) is 12.8 Å². The van der Waals surface area contributed by atoms with Gasteiger partial charge in [-0.2, -0.15) is 18.1 Å². The van der Waals surface area contributed by atoms with Crippen LogP contribution in [0.3, 0.4) is 0 Å².